The molecule has 1 heterocycles. The van der Waals surface area contributed by atoms with Gasteiger partial charge in [0, 0.05) is 0 Å². The van der Waals surface area contributed by atoms with Crippen molar-refractivity contribution in [3.63, 3.8) is 0 Å². The first-order valence-corrected chi connectivity index (χ1v) is 4.39. The molecule has 0 saturated heterocycles. The Morgan fingerprint density at radius 2 is 2.13 bits per heavy atom. The Morgan fingerprint density at radius 3 is 2.73 bits per heavy atom. The number of carbonyl (C=O) groups excluding carboxylic acids is 1. The third kappa shape index (κ3) is 2.15. The van der Waals surface area contributed by atoms with Crippen molar-refractivity contribution >= 4 is 6.08 Å². The van der Waals surface area contributed by atoms with E-state index in [4.69, 9.17) is 0 Å². The van der Waals surface area contributed by atoms with Crippen molar-refractivity contribution in [1.29, 1.82) is 0 Å². The summed E-state index contributed by atoms with van der Waals surface area (Å²) < 4.78 is 1.66. The minimum absolute atomic E-state index is 0.362. The molecule has 74 valence electrons. The van der Waals surface area contributed by atoms with Crippen LogP contribution in [0.3, 0.4) is 0 Å². The maximum atomic E-state index is 9.92. The smallest absolute Gasteiger partial charge is 0.221 e. The van der Waals surface area contributed by atoms with Gasteiger partial charge in [-0.25, -0.2) is 14.5 Å². The molecule has 1 aromatic carbocycles. The molecular weight excluding hydrogens is 192 g/mol. The normalized spacial score (nSPS) is 9.60. The first kappa shape index (κ1) is 9.30. The molecule has 0 N–H and O–H groups in total. The lowest BCUT2D eigenvalue weighted by Gasteiger charge is -2.00. The van der Waals surface area contributed by atoms with Gasteiger partial charge in [-0.2, -0.15) is 0 Å². The molecule has 5 heteroatoms. The number of hydrogen-bond acceptors (Lipinski definition) is 4. The van der Waals surface area contributed by atoms with Crippen LogP contribution in [-0.4, -0.2) is 21.1 Å². The van der Waals surface area contributed by atoms with E-state index in [-0.39, 0.29) is 0 Å². The monoisotopic (exact) mass is 200 g/mol. The van der Waals surface area contributed by atoms with Gasteiger partial charge in [-0.3, -0.25) is 0 Å². The largest absolute Gasteiger partial charge is 0.235 e. The SMILES string of the molecule is O=C=NCc1ccc(-n2ccnn2)cc1. The number of benzene rings is 1. The summed E-state index contributed by atoms with van der Waals surface area (Å²) in [6, 6.07) is 7.56. The lowest BCUT2D eigenvalue weighted by atomic mass is 10.2. The van der Waals surface area contributed by atoms with Crippen molar-refractivity contribution in [2.45, 2.75) is 6.54 Å². The Bertz CT molecular complexity index is 469. The zero-order chi connectivity index (χ0) is 10.5. The minimum atomic E-state index is 0.362. The number of rotatable bonds is 3. The van der Waals surface area contributed by atoms with E-state index in [1.807, 2.05) is 24.3 Å². The molecule has 0 unspecified atom stereocenters. The Kier molecular flexibility index (Phi) is 2.67. The first-order chi connectivity index (χ1) is 7.40. The highest BCUT2D eigenvalue weighted by molar-refractivity contribution is 5.36. The van der Waals surface area contributed by atoms with Gasteiger partial charge in [0.1, 0.15) is 0 Å². The van der Waals surface area contributed by atoms with E-state index < -0.39 is 0 Å². The predicted octanol–water partition coefficient (Wildman–Crippen LogP) is 1.10. The quantitative estimate of drug-likeness (QED) is 0.550. The van der Waals surface area contributed by atoms with E-state index in [1.165, 1.54) is 6.08 Å². The van der Waals surface area contributed by atoms with Gasteiger partial charge in [-0.05, 0) is 17.7 Å². The summed E-state index contributed by atoms with van der Waals surface area (Å²) in [5.74, 6) is 0. The van der Waals surface area contributed by atoms with Crippen molar-refractivity contribution in [1.82, 2.24) is 15.0 Å². The van der Waals surface area contributed by atoms with Crippen molar-refractivity contribution < 1.29 is 4.79 Å². The minimum Gasteiger partial charge on any atom is -0.221 e. The van der Waals surface area contributed by atoms with Gasteiger partial charge >= 0.3 is 0 Å². The molecule has 0 atom stereocenters. The third-order valence-electron chi connectivity index (χ3n) is 1.95. The molecule has 0 spiro atoms. The average Bonchev–Trinajstić information content (AvgIpc) is 2.80. The topological polar surface area (TPSA) is 60.1 Å². The summed E-state index contributed by atoms with van der Waals surface area (Å²) in [6.45, 7) is 0.362. The number of isocyanates is 1. The summed E-state index contributed by atoms with van der Waals surface area (Å²) in [6.07, 6.45) is 4.88. The predicted molar refractivity (Wildman–Crippen MR) is 53.2 cm³/mol. The van der Waals surface area contributed by atoms with Crippen LogP contribution in [0.4, 0.5) is 0 Å². The molecule has 5 nitrogen and oxygen atoms in total. The lowest BCUT2D eigenvalue weighted by Crippen LogP contribution is -1.94. The standard InChI is InChI=1S/C10H8N4O/c15-8-11-7-9-1-3-10(4-2-9)14-6-5-12-13-14/h1-6H,7H2. The van der Waals surface area contributed by atoms with Gasteiger partial charge in [0.25, 0.3) is 0 Å². The summed E-state index contributed by atoms with van der Waals surface area (Å²) in [7, 11) is 0. The summed E-state index contributed by atoms with van der Waals surface area (Å²) >= 11 is 0. The number of hydrogen-bond donors (Lipinski definition) is 0. The Balaban J connectivity index is 2.21. The Hall–Kier alpha value is -2.26. The maximum Gasteiger partial charge on any atom is 0.235 e. The van der Waals surface area contributed by atoms with E-state index in [0.29, 0.717) is 6.54 Å². The second kappa shape index (κ2) is 4.30. The van der Waals surface area contributed by atoms with Gasteiger partial charge in [0.15, 0.2) is 0 Å². The fraction of sp³-hybridized carbons (Fsp3) is 0.100. The van der Waals surface area contributed by atoms with Crippen LogP contribution in [0.25, 0.3) is 5.69 Å². The maximum absolute atomic E-state index is 9.92. The van der Waals surface area contributed by atoms with E-state index in [1.54, 1.807) is 17.1 Å². The third-order valence-corrected chi connectivity index (χ3v) is 1.95. The zero-order valence-electron chi connectivity index (χ0n) is 7.87. The van der Waals surface area contributed by atoms with Crippen LogP contribution in [0.15, 0.2) is 41.7 Å². The second-order valence-electron chi connectivity index (χ2n) is 2.92. The van der Waals surface area contributed by atoms with E-state index >= 15 is 0 Å². The molecule has 2 aromatic rings. The highest BCUT2D eigenvalue weighted by atomic mass is 16.1. The molecular formula is C10H8N4O. The molecule has 0 radical (unpaired) electrons. The van der Waals surface area contributed by atoms with Crippen LogP contribution < -0.4 is 0 Å². The number of aliphatic imine (C=N–C) groups is 1. The molecule has 0 aliphatic heterocycles. The van der Waals surface area contributed by atoms with Gasteiger partial charge in [0.2, 0.25) is 6.08 Å². The van der Waals surface area contributed by atoms with Crippen molar-refractivity contribution in [3.05, 3.63) is 42.2 Å². The molecule has 1 aromatic heterocycles. The molecule has 15 heavy (non-hydrogen) atoms. The molecule has 0 aliphatic rings. The van der Waals surface area contributed by atoms with Gasteiger partial charge in [-0.15, -0.1) is 5.10 Å². The van der Waals surface area contributed by atoms with Crippen molar-refractivity contribution in [3.8, 4) is 5.69 Å². The summed E-state index contributed by atoms with van der Waals surface area (Å²) in [5, 5.41) is 7.57. The highest BCUT2D eigenvalue weighted by Gasteiger charge is 1.96. The molecule has 0 saturated carbocycles. The van der Waals surface area contributed by atoms with E-state index in [2.05, 4.69) is 15.3 Å². The van der Waals surface area contributed by atoms with Crippen LogP contribution in [0, 0.1) is 0 Å². The van der Waals surface area contributed by atoms with Crippen LogP contribution >= 0.6 is 0 Å². The van der Waals surface area contributed by atoms with Gasteiger partial charge in [0.05, 0.1) is 24.6 Å². The number of nitrogens with zero attached hydrogens (tertiary/aromatic N) is 4. The molecule has 2 rings (SSSR count). The van der Waals surface area contributed by atoms with Crippen molar-refractivity contribution in [2.24, 2.45) is 4.99 Å². The van der Waals surface area contributed by atoms with Crippen LogP contribution in [-0.2, 0) is 11.3 Å². The van der Waals surface area contributed by atoms with E-state index in [0.717, 1.165) is 11.3 Å². The molecule has 0 bridgehead atoms. The van der Waals surface area contributed by atoms with E-state index in [9.17, 15) is 4.79 Å². The zero-order valence-corrected chi connectivity index (χ0v) is 7.87. The number of aromatic nitrogens is 3. The molecule has 0 amide bonds. The highest BCUT2D eigenvalue weighted by Crippen LogP contribution is 2.08. The van der Waals surface area contributed by atoms with Crippen molar-refractivity contribution in [2.75, 3.05) is 0 Å². The fourth-order valence-electron chi connectivity index (χ4n) is 1.22. The lowest BCUT2D eigenvalue weighted by molar-refractivity contribution is 0.563. The summed E-state index contributed by atoms with van der Waals surface area (Å²) in [5.41, 5.74) is 1.88. The van der Waals surface area contributed by atoms with Gasteiger partial charge < -0.3 is 0 Å². The molecule has 0 aliphatic carbocycles. The Labute approximate surface area is 86.1 Å². The fourth-order valence-corrected chi connectivity index (χ4v) is 1.22. The van der Waals surface area contributed by atoms with Crippen LogP contribution in [0.2, 0.25) is 0 Å². The van der Waals surface area contributed by atoms with Gasteiger partial charge in [-0.1, -0.05) is 17.3 Å². The molecule has 0 fully saturated rings. The second-order valence-corrected chi connectivity index (χ2v) is 2.92. The Morgan fingerprint density at radius 1 is 1.33 bits per heavy atom. The first-order valence-electron chi connectivity index (χ1n) is 4.39. The van der Waals surface area contributed by atoms with Crippen LogP contribution in [0.5, 0.6) is 0 Å². The van der Waals surface area contributed by atoms with Crippen LogP contribution in [0.1, 0.15) is 5.56 Å². The summed E-state index contributed by atoms with van der Waals surface area (Å²) in [4.78, 5) is 13.4. The average molecular weight is 200 g/mol.